The van der Waals surface area contributed by atoms with Crippen LogP contribution in [0.3, 0.4) is 0 Å². The molecule has 0 saturated carbocycles. The number of hydrogen-bond donors (Lipinski definition) is 2. The van der Waals surface area contributed by atoms with Crippen molar-refractivity contribution in [1.82, 2.24) is 9.55 Å². The molecule has 0 saturated heterocycles. The summed E-state index contributed by atoms with van der Waals surface area (Å²) in [5.74, 6) is 0.945. The molecule has 4 heteroatoms. The molecule has 1 heterocycles. The summed E-state index contributed by atoms with van der Waals surface area (Å²) in [4.78, 5) is 4.77. The van der Waals surface area contributed by atoms with Crippen molar-refractivity contribution < 1.29 is 0 Å². The number of anilines is 1. The van der Waals surface area contributed by atoms with Gasteiger partial charge in [-0.3, -0.25) is 0 Å². The van der Waals surface area contributed by atoms with Crippen LogP contribution >= 0.6 is 0 Å². The van der Waals surface area contributed by atoms with Crippen LogP contribution in [-0.4, -0.2) is 15.6 Å². The molecule has 0 spiro atoms. The molecule has 1 atom stereocenters. The molecule has 0 fully saturated rings. The number of rotatable bonds is 4. The summed E-state index contributed by atoms with van der Waals surface area (Å²) in [7, 11) is 0. The Morgan fingerprint density at radius 3 is 2.52 bits per heavy atom. The van der Waals surface area contributed by atoms with E-state index < -0.39 is 0 Å². The Morgan fingerprint density at radius 1 is 1.10 bits per heavy atom. The lowest BCUT2D eigenvalue weighted by Crippen LogP contribution is -2.25. The summed E-state index contributed by atoms with van der Waals surface area (Å²) in [5.41, 5.74) is 15.9. The molecule has 4 N–H and O–H groups in total. The van der Waals surface area contributed by atoms with Gasteiger partial charge in [-0.25, -0.2) is 4.98 Å². The molecule has 108 valence electrons. The second-order valence-corrected chi connectivity index (χ2v) is 5.33. The molecule has 3 rings (SSSR count). The van der Waals surface area contributed by atoms with Crippen molar-refractivity contribution >= 4 is 16.7 Å². The average molecular weight is 280 g/mol. The Kier molecular flexibility index (Phi) is 3.62. The van der Waals surface area contributed by atoms with Crippen molar-refractivity contribution in [2.45, 2.75) is 25.9 Å². The first kappa shape index (κ1) is 13.6. The number of imidazole rings is 1. The number of fused-ring (bicyclic) bond motifs is 1. The van der Waals surface area contributed by atoms with Crippen molar-refractivity contribution in [3.63, 3.8) is 0 Å². The third-order valence-electron chi connectivity index (χ3n) is 3.76. The van der Waals surface area contributed by atoms with Gasteiger partial charge in [0.25, 0.3) is 0 Å². The van der Waals surface area contributed by atoms with Crippen LogP contribution in [0.5, 0.6) is 0 Å². The smallest absolute Gasteiger partial charge is 0.141 e. The lowest BCUT2D eigenvalue weighted by atomic mass is 10.2. The van der Waals surface area contributed by atoms with Gasteiger partial charge in [0.05, 0.1) is 11.0 Å². The van der Waals surface area contributed by atoms with E-state index >= 15 is 0 Å². The second kappa shape index (κ2) is 5.58. The lowest BCUT2D eigenvalue weighted by molar-refractivity contribution is 0.551. The summed E-state index contributed by atoms with van der Waals surface area (Å²) in [6.45, 7) is 2.86. The second-order valence-electron chi connectivity index (χ2n) is 5.33. The summed E-state index contributed by atoms with van der Waals surface area (Å²) in [5, 5.41) is 0. The minimum atomic E-state index is 0.120. The number of nitrogens with zero attached hydrogens (tertiary/aromatic N) is 2. The summed E-state index contributed by atoms with van der Waals surface area (Å²) >= 11 is 0. The maximum Gasteiger partial charge on any atom is 0.141 e. The number of aromatic nitrogens is 2. The van der Waals surface area contributed by atoms with E-state index in [1.54, 1.807) is 0 Å². The first-order chi connectivity index (χ1) is 10.2. The van der Waals surface area contributed by atoms with Gasteiger partial charge in [-0.1, -0.05) is 19.1 Å². The van der Waals surface area contributed by atoms with Crippen LogP contribution in [0.4, 0.5) is 5.69 Å². The van der Waals surface area contributed by atoms with Crippen LogP contribution in [-0.2, 0) is 6.54 Å². The van der Waals surface area contributed by atoms with Gasteiger partial charge in [0, 0.05) is 23.8 Å². The zero-order valence-electron chi connectivity index (χ0n) is 12.2. The maximum absolute atomic E-state index is 6.16. The van der Waals surface area contributed by atoms with Crippen LogP contribution in [0.15, 0.2) is 48.5 Å². The molecule has 4 nitrogen and oxygen atoms in total. The van der Waals surface area contributed by atoms with E-state index in [0.29, 0.717) is 0 Å². The van der Waals surface area contributed by atoms with Gasteiger partial charge in [-0.05, 0) is 42.8 Å². The molecule has 0 bridgehead atoms. The molecule has 0 amide bonds. The van der Waals surface area contributed by atoms with Gasteiger partial charge in [-0.2, -0.15) is 0 Å². The quantitative estimate of drug-likeness (QED) is 0.722. The largest absolute Gasteiger partial charge is 0.399 e. The summed E-state index contributed by atoms with van der Waals surface area (Å²) in [6, 6.07) is 16.1. The Morgan fingerprint density at radius 2 is 1.81 bits per heavy atom. The van der Waals surface area contributed by atoms with Crippen LogP contribution < -0.4 is 11.5 Å². The monoisotopic (exact) mass is 280 g/mol. The van der Waals surface area contributed by atoms with Crippen LogP contribution in [0.2, 0.25) is 0 Å². The standard InChI is InChI=1S/C17H20N4/c1-2-13(18)11-21-16-6-4-3-5-15(16)20-17(21)12-7-9-14(19)10-8-12/h3-10,13H,2,11,18-19H2,1H3. The number of para-hydroxylation sites is 2. The van der Waals surface area contributed by atoms with Crippen molar-refractivity contribution in [2.24, 2.45) is 5.73 Å². The molecular formula is C17H20N4. The Balaban J connectivity index is 2.16. The zero-order chi connectivity index (χ0) is 14.8. The number of hydrogen-bond acceptors (Lipinski definition) is 3. The van der Waals surface area contributed by atoms with Gasteiger partial charge >= 0.3 is 0 Å². The van der Waals surface area contributed by atoms with Crippen LogP contribution in [0.25, 0.3) is 22.4 Å². The molecule has 1 unspecified atom stereocenters. The molecule has 0 aliphatic carbocycles. The average Bonchev–Trinajstić information content (AvgIpc) is 2.87. The minimum Gasteiger partial charge on any atom is -0.399 e. The number of nitrogen functional groups attached to an aromatic ring is 1. The fraction of sp³-hybridized carbons (Fsp3) is 0.235. The number of benzene rings is 2. The van der Waals surface area contributed by atoms with Gasteiger partial charge in [0.15, 0.2) is 0 Å². The van der Waals surface area contributed by atoms with E-state index in [1.807, 2.05) is 42.5 Å². The third-order valence-corrected chi connectivity index (χ3v) is 3.76. The molecule has 1 aromatic heterocycles. The molecule has 0 radical (unpaired) electrons. The zero-order valence-corrected chi connectivity index (χ0v) is 12.2. The van der Waals surface area contributed by atoms with E-state index in [2.05, 4.69) is 17.6 Å². The highest BCUT2D eigenvalue weighted by Gasteiger charge is 2.14. The first-order valence-corrected chi connectivity index (χ1v) is 7.25. The molecular weight excluding hydrogens is 260 g/mol. The van der Waals surface area contributed by atoms with E-state index in [9.17, 15) is 0 Å². The fourth-order valence-corrected chi connectivity index (χ4v) is 2.48. The topological polar surface area (TPSA) is 69.9 Å². The van der Waals surface area contributed by atoms with Gasteiger partial charge in [-0.15, -0.1) is 0 Å². The predicted molar refractivity (Wildman–Crippen MR) is 87.8 cm³/mol. The molecule has 0 aliphatic heterocycles. The van der Waals surface area contributed by atoms with Crippen LogP contribution in [0.1, 0.15) is 13.3 Å². The predicted octanol–water partition coefficient (Wildman–Crippen LogP) is 3.02. The van der Waals surface area contributed by atoms with Crippen molar-refractivity contribution in [3.8, 4) is 11.4 Å². The minimum absolute atomic E-state index is 0.120. The molecule has 21 heavy (non-hydrogen) atoms. The summed E-state index contributed by atoms with van der Waals surface area (Å²) < 4.78 is 2.20. The van der Waals surface area contributed by atoms with Crippen molar-refractivity contribution in [2.75, 3.05) is 5.73 Å². The fourth-order valence-electron chi connectivity index (χ4n) is 2.48. The normalized spacial score (nSPS) is 12.7. The molecule has 3 aromatic rings. The van der Waals surface area contributed by atoms with E-state index in [-0.39, 0.29) is 6.04 Å². The van der Waals surface area contributed by atoms with Crippen molar-refractivity contribution in [3.05, 3.63) is 48.5 Å². The summed E-state index contributed by atoms with van der Waals surface area (Å²) in [6.07, 6.45) is 0.938. The Hall–Kier alpha value is -2.33. The number of nitrogens with two attached hydrogens (primary N) is 2. The van der Waals surface area contributed by atoms with E-state index in [0.717, 1.165) is 41.1 Å². The Labute approximate surface area is 124 Å². The van der Waals surface area contributed by atoms with E-state index in [1.165, 1.54) is 0 Å². The van der Waals surface area contributed by atoms with E-state index in [4.69, 9.17) is 16.5 Å². The third kappa shape index (κ3) is 2.62. The highest BCUT2D eigenvalue weighted by atomic mass is 15.1. The van der Waals surface area contributed by atoms with Gasteiger partial charge < -0.3 is 16.0 Å². The Bertz CT molecular complexity index is 743. The SMILES string of the molecule is CCC(N)Cn1c(-c2ccc(N)cc2)nc2ccccc21. The molecule has 0 aliphatic rings. The highest BCUT2D eigenvalue weighted by Crippen LogP contribution is 2.25. The lowest BCUT2D eigenvalue weighted by Gasteiger charge is -2.14. The maximum atomic E-state index is 6.16. The molecule has 2 aromatic carbocycles. The highest BCUT2D eigenvalue weighted by molar-refractivity contribution is 5.80. The van der Waals surface area contributed by atoms with Crippen molar-refractivity contribution in [1.29, 1.82) is 0 Å². The first-order valence-electron chi connectivity index (χ1n) is 7.25. The van der Waals surface area contributed by atoms with Crippen LogP contribution in [0, 0.1) is 0 Å². The van der Waals surface area contributed by atoms with Gasteiger partial charge in [0.2, 0.25) is 0 Å². The van der Waals surface area contributed by atoms with Gasteiger partial charge in [0.1, 0.15) is 5.82 Å².